The van der Waals surface area contributed by atoms with Crippen molar-refractivity contribution < 1.29 is 14.3 Å². The Morgan fingerprint density at radius 3 is 2.73 bits per heavy atom. The van der Waals surface area contributed by atoms with Crippen molar-refractivity contribution in [1.29, 1.82) is 0 Å². The van der Waals surface area contributed by atoms with Crippen LogP contribution in [0.4, 0.5) is 5.69 Å². The first-order valence-electron chi connectivity index (χ1n) is 7.76. The Morgan fingerprint density at radius 2 is 2.05 bits per heavy atom. The van der Waals surface area contributed by atoms with Gasteiger partial charge < -0.3 is 10.1 Å². The maximum absolute atomic E-state index is 11.8. The monoisotopic (exact) mass is 367 g/mol. The molecule has 1 aliphatic carbocycles. The third kappa shape index (κ3) is 5.44. The second-order valence-corrected chi connectivity index (χ2v) is 6.77. The van der Waals surface area contributed by atoms with Gasteiger partial charge in [0.15, 0.2) is 6.61 Å². The number of carbonyl (C=O) groups excluding carboxylic acids is 2. The fraction of sp³-hybridized carbons (Fsp3) is 0.529. The average molecular weight is 368 g/mol. The lowest BCUT2D eigenvalue weighted by Gasteiger charge is -2.10. The van der Waals surface area contributed by atoms with Crippen molar-refractivity contribution in [2.24, 2.45) is 5.92 Å². The molecule has 0 spiro atoms. The van der Waals surface area contributed by atoms with Gasteiger partial charge >= 0.3 is 5.97 Å². The molecule has 0 radical (unpaired) electrons. The predicted molar refractivity (Wildman–Crippen MR) is 89.7 cm³/mol. The summed E-state index contributed by atoms with van der Waals surface area (Å²) >= 11 is 3.38. The standard InChI is InChI=1S/C17H22BrNO3/c1-12-10-14(18)7-8-15(12)19-16(20)11-22-17(21)9-6-13-4-2-3-5-13/h7-8,10,13H,2-6,9,11H2,1H3,(H,19,20). The zero-order valence-corrected chi connectivity index (χ0v) is 14.4. The molecule has 0 atom stereocenters. The first kappa shape index (κ1) is 17.0. The molecule has 5 heteroatoms. The fourth-order valence-electron chi connectivity index (χ4n) is 2.79. The number of nitrogens with one attached hydrogen (secondary N) is 1. The molecule has 1 fully saturated rings. The molecule has 1 aromatic rings. The molecule has 0 aliphatic heterocycles. The van der Waals surface area contributed by atoms with Crippen LogP contribution >= 0.6 is 15.9 Å². The first-order chi connectivity index (χ1) is 10.5. The van der Waals surface area contributed by atoms with E-state index >= 15 is 0 Å². The van der Waals surface area contributed by atoms with Crippen molar-refractivity contribution in [3.63, 3.8) is 0 Å². The van der Waals surface area contributed by atoms with Crippen molar-refractivity contribution in [1.82, 2.24) is 0 Å². The zero-order chi connectivity index (χ0) is 15.9. The Balaban J connectivity index is 1.69. The Morgan fingerprint density at radius 1 is 1.32 bits per heavy atom. The molecule has 0 aromatic heterocycles. The van der Waals surface area contributed by atoms with Gasteiger partial charge in [-0.1, -0.05) is 41.6 Å². The number of carbonyl (C=O) groups is 2. The van der Waals surface area contributed by atoms with Crippen LogP contribution in [0.2, 0.25) is 0 Å². The van der Waals surface area contributed by atoms with Crippen LogP contribution in [-0.2, 0) is 14.3 Å². The summed E-state index contributed by atoms with van der Waals surface area (Å²) in [6, 6.07) is 5.60. The van der Waals surface area contributed by atoms with Crippen LogP contribution in [0.15, 0.2) is 22.7 Å². The highest BCUT2D eigenvalue weighted by Gasteiger charge is 2.17. The van der Waals surface area contributed by atoms with Gasteiger partial charge in [-0.3, -0.25) is 9.59 Å². The van der Waals surface area contributed by atoms with E-state index in [-0.39, 0.29) is 18.5 Å². The van der Waals surface area contributed by atoms with Gasteiger partial charge in [0, 0.05) is 16.6 Å². The summed E-state index contributed by atoms with van der Waals surface area (Å²) in [4.78, 5) is 23.5. The SMILES string of the molecule is Cc1cc(Br)ccc1NC(=O)COC(=O)CCC1CCCC1. The number of halogens is 1. The third-order valence-electron chi connectivity index (χ3n) is 4.06. The third-order valence-corrected chi connectivity index (χ3v) is 4.55. The van der Waals surface area contributed by atoms with Crippen molar-refractivity contribution in [2.75, 3.05) is 11.9 Å². The van der Waals surface area contributed by atoms with Gasteiger partial charge in [-0.15, -0.1) is 0 Å². The summed E-state index contributed by atoms with van der Waals surface area (Å²) in [7, 11) is 0. The van der Waals surface area contributed by atoms with Crippen molar-refractivity contribution in [3.05, 3.63) is 28.2 Å². The molecule has 0 heterocycles. The van der Waals surface area contributed by atoms with Gasteiger partial charge in [-0.25, -0.2) is 0 Å². The Bertz CT molecular complexity index is 539. The number of amides is 1. The van der Waals surface area contributed by atoms with Gasteiger partial charge in [0.25, 0.3) is 5.91 Å². The van der Waals surface area contributed by atoms with Crippen molar-refractivity contribution in [2.45, 2.75) is 45.4 Å². The lowest BCUT2D eigenvalue weighted by atomic mass is 10.0. The van der Waals surface area contributed by atoms with Gasteiger partial charge in [0.2, 0.25) is 0 Å². The highest BCUT2D eigenvalue weighted by molar-refractivity contribution is 9.10. The van der Waals surface area contributed by atoms with E-state index < -0.39 is 0 Å². The van der Waals surface area contributed by atoms with E-state index in [4.69, 9.17) is 4.74 Å². The first-order valence-corrected chi connectivity index (χ1v) is 8.55. The minimum atomic E-state index is -0.306. The number of benzene rings is 1. The summed E-state index contributed by atoms with van der Waals surface area (Å²) in [5.74, 6) is 0.0704. The highest BCUT2D eigenvalue weighted by atomic mass is 79.9. The number of hydrogen-bond donors (Lipinski definition) is 1. The molecule has 4 nitrogen and oxygen atoms in total. The van der Waals surface area contributed by atoms with Crippen LogP contribution in [0.25, 0.3) is 0 Å². The second kappa shape index (κ2) is 8.32. The van der Waals surface area contributed by atoms with Crippen LogP contribution in [0, 0.1) is 12.8 Å². The van der Waals surface area contributed by atoms with E-state index in [0.717, 1.165) is 22.1 Å². The number of rotatable bonds is 6. The number of anilines is 1. The lowest BCUT2D eigenvalue weighted by Crippen LogP contribution is -2.21. The Kier molecular flexibility index (Phi) is 6.43. The fourth-order valence-corrected chi connectivity index (χ4v) is 3.27. The number of ether oxygens (including phenoxy) is 1. The predicted octanol–water partition coefficient (Wildman–Crippen LogP) is 4.21. The van der Waals surface area contributed by atoms with Crippen LogP contribution in [-0.4, -0.2) is 18.5 Å². The summed E-state index contributed by atoms with van der Waals surface area (Å²) in [5, 5.41) is 2.75. The molecule has 0 bridgehead atoms. The Labute approximate surface area is 139 Å². The molecular formula is C17H22BrNO3. The van der Waals surface area contributed by atoms with Gasteiger partial charge in [-0.05, 0) is 43.0 Å². The smallest absolute Gasteiger partial charge is 0.306 e. The average Bonchev–Trinajstić information content (AvgIpc) is 2.99. The van der Waals surface area contributed by atoms with Crippen LogP contribution in [0.3, 0.4) is 0 Å². The molecule has 120 valence electrons. The zero-order valence-electron chi connectivity index (χ0n) is 12.9. The van der Waals surface area contributed by atoms with Gasteiger partial charge in [0.05, 0.1) is 0 Å². The molecule has 1 aromatic carbocycles. The van der Waals surface area contributed by atoms with Crippen molar-refractivity contribution >= 4 is 33.5 Å². The maximum atomic E-state index is 11.8. The van der Waals surface area contributed by atoms with E-state index in [1.165, 1.54) is 25.7 Å². The van der Waals surface area contributed by atoms with Crippen molar-refractivity contribution in [3.8, 4) is 0 Å². The van der Waals surface area contributed by atoms with Crippen LogP contribution < -0.4 is 5.32 Å². The molecule has 0 unspecified atom stereocenters. The van der Waals surface area contributed by atoms with Crippen LogP contribution in [0.1, 0.15) is 44.1 Å². The summed E-state index contributed by atoms with van der Waals surface area (Å²) in [5.41, 5.74) is 1.69. The summed E-state index contributed by atoms with van der Waals surface area (Å²) < 4.78 is 6.00. The van der Waals surface area contributed by atoms with Gasteiger partial charge in [0.1, 0.15) is 0 Å². The van der Waals surface area contributed by atoms with E-state index in [1.807, 2.05) is 25.1 Å². The molecule has 1 N–H and O–H groups in total. The highest BCUT2D eigenvalue weighted by Crippen LogP contribution is 2.28. The second-order valence-electron chi connectivity index (χ2n) is 5.86. The van der Waals surface area contributed by atoms with Crippen LogP contribution in [0.5, 0.6) is 0 Å². The minimum Gasteiger partial charge on any atom is -0.456 e. The molecule has 1 amide bonds. The largest absolute Gasteiger partial charge is 0.456 e. The number of hydrogen-bond acceptors (Lipinski definition) is 3. The quantitative estimate of drug-likeness (QED) is 0.766. The molecule has 0 saturated heterocycles. The van der Waals surface area contributed by atoms with E-state index in [9.17, 15) is 9.59 Å². The minimum absolute atomic E-state index is 0.223. The number of aryl methyl sites for hydroxylation is 1. The maximum Gasteiger partial charge on any atom is 0.306 e. The molecule has 2 rings (SSSR count). The van der Waals surface area contributed by atoms with E-state index in [0.29, 0.717) is 12.3 Å². The van der Waals surface area contributed by atoms with E-state index in [1.54, 1.807) is 0 Å². The van der Waals surface area contributed by atoms with E-state index in [2.05, 4.69) is 21.2 Å². The normalized spacial score (nSPS) is 14.8. The molecule has 22 heavy (non-hydrogen) atoms. The number of esters is 1. The summed E-state index contributed by atoms with van der Waals surface area (Å²) in [6.45, 7) is 1.69. The topological polar surface area (TPSA) is 55.4 Å². The lowest BCUT2D eigenvalue weighted by molar-refractivity contribution is -0.147. The molecule has 1 aliphatic rings. The van der Waals surface area contributed by atoms with Gasteiger partial charge in [-0.2, -0.15) is 0 Å². The summed E-state index contributed by atoms with van der Waals surface area (Å²) in [6.07, 6.45) is 6.28. The Hall–Kier alpha value is -1.36. The molecular weight excluding hydrogens is 346 g/mol. The molecule has 1 saturated carbocycles.